The van der Waals surface area contributed by atoms with Gasteiger partial charge >= 0.3 is 0 Å². The van der Waals surface area contributed by atoms with Crippen LogP contribution in [0.3, 0.4) is 0 Å². The van der Waals surface area contributed by atoms with Crippen molar-refractivity contribution in [2.45, 2.75) is 19.8 Å². The van der Waals surface area contributed by atoms with Crippen molar-refractivity contribution >= 4 is 15.9 Å². The van der Waals surface area contributed by atoms with Gasteiger partial charge in [-0.05, 0) is 48.9 Å². The fraction of sp³-hybridized carbons (Fsp3) is 0.333. The Morgan fingerprint density at radius 1 is 1.00 bits per heavy atom. The van der Waals surface area contributed by atoms with Gasteiger partial charge in [0.25, 0.3) is 0 Å². The average molecular weight is 333 g/mol. The molecule has 0 bridgehead atoms. The Kier molecular flexibility index (Phi) is 5.66. The lowest BCUT2D eigenvalue weighted by Crippen LogP contribution is -2.10. The molecule has 2 heteroatoms. The maximum absolute atomic E-state index is 5.29. The molecule has 20 heavy (non-hydrogen) atoms. The van der Waals surface area contributed by atoms with E-state index in [0.29, 0.717) is 5.92 Å². The van der Waals surface area contributed by atoms with Crippen molar-refractivity contribution in [1.29, 1.82) is 0 Å². The summed E-state index contributed by atoms with van der Waals surface area (Å²) < 4.78 is 5.29. The number of halogens is 1. The monoisotopic (exact) mass is 332 g/mol. The third-order valence-corrected chi connectivity index (χ3v) is 4.44. The summed E-state index contributed by atoms with van der Waals surface area (Å²) in [6.45, 7) is 2.13. The zero-order chi connectivity index (χ0) is 14.4. The molecule has 1 atom stereocenters. The number of benzene rings is 2. The summed E-state index contributed by atoms with van der Waals surface area (Å²) in [5, 5.41) is 1.01. The second-order valence-electron chi connectivity index (χ2n) is 5.27. The molecular weight excluding hydrogens is 312 g/mol. The van der Waals surface area contributed by atoms with E-state index in [2.05, 4.69) is 65.3 Å². The molecule has 0 fully saturated rings. The van der Waals surface area contributed by atoms with Crippen LogP contribution in [0.2, 0.25) is 0 Å². The predicted molar refractivity (Wildman–Crippen MR) is 88.9 cm³/mol. The number of methoxy groups -OCH3 is 1. The van der Waals surface area contributed by atoms with E-state index in [-0.39, 0.29) is 0 Å². The molecule has 0 saturated carbocycles. The molecule has 0 aliphatic heterocycles. The van der Waals surface area contributed by atoms with Gasteiger partial charge in [-0.1, -0.05) is 57.9 Å². The fourth-order valence-corrected chi connectivity index (χ4v) is 2.83. The molecule has 2 aromatic carbocycles. The zero-order valence-corrected chi connectivity index (χ0v) is 13.7. The van der Waals surface area contributed by atoms with E-state index in [1.54, 1.807) is 7.11 Å². The summed E-state index contributed by atoms with van der Waals surface area (Å²) in [4.78, 5) is 0. The van der Waals surface area contributed by atoms with Crippen molar-refractivity contribution < 1.29 is 4.74 Å². The Balaban J connectivity index is 2.02. The number of rotatable bonds is 6. The molecule has 0 heterocycles. The number of hydrogen-bond acceptors (Lipinski definition) is 1. The van der Waals surface area contributed by atoms with E-state index in [1.807, 2.05) is 6.07 Å². The third-order valence-electron chi connectivity index (χ3n) is 3.52. The highest BCUT2D eigenvalue weighted by atomic mass is 79.9. The van der Waals surface area contributed by atoms with Gasteiger partial charge in [0.05, 0.1) is 7.11 Å². The molecule has 106 valence electrons. The molecule has 0 aliphatic carbocycles. The number of aryl methyl sites for hydroxylation is 1. The average Bonchev–Trinajstić information content (AvgIpc) is 2.49. The maximum atomic E-state index is 5.29. The van der Waals surface area contributed by atoms with Gasteiger partial charge in [-0.2, -0.15) is 0 Å². The molecule has 0 amide bonds. The third kappa shape index (κ3) is 4.38. The Morgan fingerprint density at radius 2 is 1.70 bits per heavy atom. The van der Waals surface area contributed by atoms with Crippen LogP contribution in [0.25, 0.3) is 0 Å². The molecule has 0 N–H and O–H groups in total. The van der Waals surface area contributed by atoms with Crippen LogP contribution in [-0.2, 0) is 12.8 Å². The van der Waals surface area contributed by atoms with Crippen LogP contribution in [0.5, 0.6) is 5.75 Å². The molecule has 0 radical (unpaired) electrons. The second kappa shape index (κ2) is 7.49. The first kappa shape index (κ1) is 15.1. The molecule has 0 saturated heterocycles. The van der Waals surface area contributed by atoms with Crippen molar-refractivity contribution in [3.05, 3.63) is 65.2 Å². The van der Waals surface area contributed by atoms with E-state index >= 15 is 0 Å². The smallest absolute Gasteiger partial charge is 0.119 e. The summed E-state index contributed by atoms with van der Waals surface area (Å²) >= 11 is 3.65. The van der Waals surface area contributed by atoms with Gasteiger partial charge in [0.1, 0.15) is 5.75 Å². The Labute approximate surface area is 130 Å². The molecule has 1 nitrogen and oxygen atoms in total. The number of ether oxygens (including phenoxy) is 1. The van der Waals surface area contributed by atoms with Gasteiger partial charge in [-0.25, -0.2) is 0 Å². The first-order chi connectivity index (χ1) is 9.71. The summed E-state index contributed by atoms with van der Waals surface area (Å²) in [5.41, 5.74) is 4.06. The molecule has 0 aliphatic rings. The largest absolute Gasteiger partial charge is 0.497 e. The summed E-state index contributed by atoms with van der Waals surface area (Å²) in [6, 6.07) is 17.2. The van der Waals surface area contributed by atoms with E-state index in [0.717, 1.165) is 23.9 Å². The first-order valence-corrected chi connectivity index (χ1v) is 8.08. The normalized spacial score (nSPS) is 12.2. The van der Waals surface area contributed by atoms with Gasteiger partial charge in [0, 0.05) is 5.33 Å². The van der Waals surface area contributed by atoms with E-state index in [4.69, 9.17) is 4.74 Å². The van der Waals surface area contributed by atoms with Crippen molar-refractivity contribution in [3.8, 4) is 5.75 Å². The van der Waals surface area contributed by atoms with Crippen molar-refractivity contribution in [2.24, 2.45) is 5.92 Å². The van der Waals surface area contributed by atoms with Gasteiger partial charge < -0.3 is 4.74 Å². The van der Waals surface area contributed by atoms with Crippen molar-refractivity contribution in [3.63, 3.8) is 0 Å². The highest BCUT2D eigenvalue weighted by Crippen LogP contribution is 2.20. The van der Waals surface area contributed by atoms with Crippen molar-refractivity contribution in [2.75, 3.05) is 12.4 Å². The van der Waals surface area contributed by atoms with Crippen LogP contribution >= 0.6 is 15.9 Å². The minimum Gasteiger partial charge on any atom is -0.497 e. The summed E-state index contributed by atoms with van der Waals surface area (Å²) in [7, 11) is 1.72. The van der Waals surface area contributed by atoms with Crippen molar-refractivity contribution in [1.82, 2.24) is 0 Å². The Morgan fingerprint density at radius 3 is 2.35 bits per heavy atom. The van der Waals surface area contributed by atoms with Crippen LogP contribution in [0.1, 0.15) is 16.7 Å². The van der Waals surface area contributed by atoms with Gasteiger partial charge in [-0.3, -0.25) is 0 Å². The maximum Gasteiger partial charge on any atom is 0.119 e. The Hall–Kier alpha value is -1.28. The second-order valence-corrected chi connectivity index (χ2v) is 5.91. The SMILES string of the molecule is COc1cccc(CC(CBr)Cc2ccc(C)cc2)c1. The van der Waals surface area contributed by atoms with Crippen LogP contribution in [0, 0.1) is 12.8 Å². The molecule has 1 unspecified atom stereocenters. The molecular formula is C18H21BrO. The molecule has 0 aromatic heterocycles. The van der Waals surface area contributed by atoms with Crippen LogP contribution in [0.4, 0.5) is 0 Å². The Bertz CT molecular complexity index is 533. The van der Waals surface area contributed by atoms with E-state index in [1.165, 1.54) is 16.7 Å². The number of hydrogen-bond donors (Lipinski definition) is 0. The fourth-order valence-electron chi connectivity index (χ4n) is 2.37. The molecule has 0 spiro atoms. The topological polar surface area (TPSA) is 9.23 Å². The lowest BCUT2D eigenvalue weighted by atomic mass is 9.94. The van der Waals surface area contributed by atoms with Crippen LogP contribution in [-0.4, -0.2) is 12.4 Å². The molecule has 2 rings (SSSR count). The predicted octanol–water partition coefficient (Wildman–Crippen LogP) is 4.80. The van der Waals surface area contributed by atoms with E-state index < -0.39 is 0 Å². The van der Waals surface area contributed by atoms with Gasteiger partial charge in [0.15, 0.2) is 0 Å². The van der Waals surface area contributed by atoms with Gasteiger partial charge in [0.2, 0.25) is 0 Å². The number of alkyl halides is 1. The van der Waals surface area contributed by atoms with E-state index in [9.17, 15) is 0 Å². The lowest BCUT2D eigenvalue weighted by Gasteiger charge is -2.15. The summed E-state index contributed by atoms with van der Waals surface area (Å²) in [6.07, 6.45) is 2.17. The minimum absolute atomic E-state index is 0.602. The van der Waals surface area contributed by atoms with Crippen LogP contribution < -0.4 is 4.74 Å². The quantitative estimate of drug-likeness (QED) is 0.690. The van der Waals surface area contributed by atoms with Gasteiger partial charge in [-0.15, -0.1) is 0 Å². The summed E-state index contributed by atoms with van der Waals surface area (Å²) in [5.74, 6) is 1.54. The lowest BCUT2D eigenvalue weighted by molar-refractivity contribution is 0.414. The zero-order valence-electron chi connectivity index (χ0n) is 12.1. The highest BCUT2D eigenvalue weighted by Gasteiger charge is 2.10. The standard InChI is InChI=1S/C18H21BrO/c1-14-6-8-15(9-7-14)10-17(13-19)11-16-4-3-5-18(12-16)20-2/h3-9,12,17H,10-11,13H2,1-2H3. The first-order valence-electron chi connectivity index (χ1n) is 6.95. The molecule has 2 aromatic rings. The minimum atomic E-state index is 0.602. The highest BCUT2D eigenvalue weighted by molar-refractivity contribution is 9.09. The van der Waals surface area contributed by atoms with Crippen LogP contribution in [0.15, 0.2) is 48.5 Å².